The fraction of sp³-hybridized carbons (Fsp3) is 0.286. The maximum absolute atomic E-state index is 13.1. The van der Waals surface area contributed by atoms with E-state index in [2.05, 4.69) is 15.5 Å². The minimum absolute atomic E-state index is 0.0900. The van der Waals surface area contributed by atoms with E-state index in [1.54, 1.807) is 31.4 Å². The lowest BCUT2D eigenvalue weighted by atomic mass is 10.1. The van der Waals surface area contributed by atoms with Crippen molar-refractivity contribution < 1.29 is 32.2 Å². The van der Waals surface area contributed by atoms with Gasteiger partial charge < -0.3 is 25.4 Å². The number of carbonyl (C=O) groups is 1. The Morgan fingerprint density at radius 2 is 1.85 bits per heavy atom. The number of thioether (sulfide) groups is 1. The monoisotopic (exact) mass is 497 g/mol. The number of anilines is 1. The quantitative estimate of drug-likeness (QED) is 0.249. The van der Waals surface area contributed by atoms with Gasteiger partial charge in [-0.25, -0.2) is 4.68 Å². The molecule has 34 heavy (non-hydrogen) atoms. The molecule has 0 aliphatic heterocycles. The Bertz CT molecular complexity index is 1120. The molecule has 182 valence electrons. The molecule has 0 aliphatic carbocycles. The molecule has 0 saturated heterocycles. The number of rotatable bonds is 10. The van der Waals surface area contributed by atoms with Crippen molar-refractivity contribution in [3.8, 4) is 22.9 Å². The first-order valence-electron chi connectivity index (χ1n) is 9.83. The van der Waals surface area contributed by atoms with Crippen LogP contribution in [0.3, 0.4) is 0 Å². The number of hydrogen-bond donors (Lipinski definition) is 2. The summed E-state index contributed by atoms with van der Waals surface area (Å²) < 4.78 is 56.0. The molecular weight excluding hydrogens is 475 g/mol. The third kappa shape index (κ3) is 6.32. The number of carbonyl (C=O) groups excluding carboxylic acids is 1. The summed E-state index contributed by atoms with van der Waals surface area (Å²) in [5, 5.41) is 10.7. The Balaban J connectivity index is 1.69. The maximum Gasteiger partial charge on any atom is 0.416 e. The van der Waals surface area contributed by atoms with E-state index in [1.807, 2.05) is 0 Å². The van der Waals surface area contributed by atoms with Gasteiger partial charge in [0, 0.05) is 12.7 Å². The Morgan fingerprint density at radius 3 is 2.50 bits per heavy atom. The number of nitrogen functional groups attached to an aromatic ring is 1. The normalized spacial score (nSPS) is 11.3. The molecule has 0 unspecified atom stereocenters. The van der Waals surface area contributed by atoms with Crippen molar-refractivity contribution in [2.24, 2.45) is 0 Å². The first-order chi connectivity index (χ1) is 16.2. The summed E-state index contributed by atoms with van der Waals surface area (Å²) in [6.45, 7) is 0.330. The van der Waals surface area contributed by atoms with Gasteiger partial charge in [-0.3, -0.25) is 4.79 Å². The second kappa shape index (κ2) is 11.1. The van der Waals surface area contributed by atoms with Crippen molar-refractivity contribution >= 4 is 23.4 Å². The molecule has 1 aromatic heterocycles. The molecule has 3 aromatic rings. The van der Waals surface area contributed by atoms with E-state index in [0.29, 0.717) is 17.1 Å². The Labute approximate surface area is 197 Å². The Hall–Kier alpha value is -3.45. The van der Waals surface area contributed by atoms with E-state index >= 15 is 0 Å². The van der Waals surface area contributed by atoms with Crippen molar-refractivity contribution in [1.29, 1.82) is 0 Å². The highest BCUT2D eigenvalue weighted by molar-refractivity contribution is 7.99. The largest absolute Gasteiger partial charge is 0.497 e. The molecule has 1 heterocycles. The number of amides is 1. The lowest BCUT2D eigenvalue weighted by Crippen LogP contribution is -2.18. The smallest absolute Gasteiger partial charge is 0.416 e. The third-order valence-electron chi connectivity index (χ3n) is 4.47. The average molecular weight is 497 g/mol. The minimum atomic E-state index is -4.58. The molecule has 0 saturated carbocycles. The van der Waals surface area contributed by atoms with Gasteiger partial charge in [-0.15, -0.1) is 10.2 Å². The zero-order chi connectivity index (χ0) is 24.7. The van der Waals surface area contributed by atoms with E-state index in [0.717, 1.165) is 30.0 Å². The third-order valence-corrected chi connectivity index (χ3v) is 5.41. The van der Waals surface area contributed by atoms with Crippen LogP contribution in [-0.2, 0) is 15.7 Å². The second-order valence-electron chi connectivity index (χ2n) is 6.79. The summed E-state index contributed by atoms with van der Waals surface area (Å²) in [5.41, 5.74) is -0.334. The highest BCUT2D eigenvalue weighted by Crippen LogP contribution is 2.35. The highest BCUT2D eigenvalue weighted by atomic mass is 32.2. The molecule has 2 aromatic carbocycles. The molecule has 0 spiro atoms. The number of alkyl halides is 3. The number of aromatic nitrogens is 3. The van der Waals surface area contributed by atoms with E-state index < -0.39 is 17.6 Å². The van der Waals surface area contributed by atoms with E-state index in [4.69, 9.17) is 20.1 Å². The number of ether oxygens (including phenoxy) is 3. The predicted molar refractivity (Wildman–Crippen MR) is 120 cm³/mol. The summed E-state index contributed by atoms with van der Waals surface area (Å²) >= 11 is 0.979. The zero-order valence-electron chi connectivity index (χ0n) is 18.3. The van der Waals surface area contributed by atoms with Crippen LogP contribution < -0.4 is 20.6 Å². The lowest BCUT2D eigenvalue weighted by Gasteiger charge is -2.15. The summed E-state index contributed by atoms with van der Waals surface area (Å²) in [7, 11) is 3.01. The fourth-order valence-electron chi connectivity index (χ4n) is 2.79. The molecule has 0 aliphatic rings. The van der Waals surface area contributed by atoms with Crippen LogP contribution in [0.25, 0.3) is 11.4 Å². The fourth-order valence-corrected chi connectivity index (χ4v) is 3.45. The van der Waals surface area contributed by atoms with Crippen molar-refractivity contribution in [2.75, 3.05) is 44.3 Å². The summed E-state index contributed by atoms with van der Waals surface area (Å²) in [6.07, 6.45) is -4.58. The average Bonchev–Trinajstić information content (AvgIpc) is 3.18. The van der Waals surface area contributed by atoms with Crippen LogP contribution in [0.1, 0.15) is 5.56 Å². The van der Waals surface area contributed by atoms with Gasteiger partial charge in [0.05, 0.1) is 30.7 Å². The van der Waals surface area contributed by atoms with Gasteiger partial charge in [-0.2, -0.15) is 13.2 Å². The first-order valence-corrected chi connectivity index (χ1v) is 10.8. The van der Waals surface area contributed by atoms with Gasteiger partial charge in [-0.05, 0) is 42.5 Å². The zero-order valence-corrected chi connectivity index (χ0v) is 19.1. The molecule has 9 nitrogen and oxygen atoms in total. The van der Waals surface area contributed by atoms with Crippen LogP contribution in [0.15, 0.2) is 47.6 Å². The lowest BCUT2D eigenvalue weighted by molar-refractivity contribution is -0.137. The number of methoxy groups -OCH3 is 2. The number of halogens is 3. The molecular formula is C21H22F3N5O4S. The molecule has 13 heteroatoms. The van der Waals surface area contributed by atoms with E-state index in [9.17, 15) is 18.0 Å². The molecule has 3 rings (SSSR count). The predicted octanol–water partition coefficient (Wildman–Crippen LogP) is 3.44. The van der Waals surface area contributed by atoms with Gasteiger partial charge in [-0.1, -0.05) is 11.8 Å². The maximum atomic E-state index is 13.1. The van der Waals surface area contributed by atoms with Crippen molar-refractivity contribution in [1.82, 2.24) is 14.9 Å². The molecule has 3 N–H and O–H groups in total. The second-order valence-corrected chi connectivity index (χ2v) is 7.73. The van der Waals surface area contributed by atoms with Crippen LogP contribution in [-0.4, -0.2) is 54.0 Å². The SMILES string of the molecule is COCCOc1ccc(C(F)(F)F)cc1NC(=O)CSc1nnc(-c2ccc(OC)cc2)n1N. The number of hydrogen-bond acceptors (Lipinski definition) is 8. The van der Waals surface area contributed by atoms with Crippen LogP contribution in [0, 0.1) is 0 Å². The van der Waals surface area contributed by atoms with Crippen LogP contribution in [0.4, 0.5) is 18.9 Å². The van der Waals surface area contributed by atoms with E-state index in [-0.39, 0.29) is 35.6 Å². The molecule has 0 atom stereocenters. The van der Waals surface area contributed by atoms with Gasteiger partial charge in [0.2, 0.25) is 11.1 Å². The number of nitrogens with zero attached hydrogens (tertiary/aromatic N) is 3. The van der Waals surface area contributed by atoms with Gasteiger partial charge >= 0.3 is 6.18 Å². The van der Waals surface area contributed by atoms with Gasteiger partial charge in [0.25, 0.3) is 0 Å². The molecule has 0 fully saturated rings. The van der Waals surface area contributed by atoms with Gasteiger partial charge in [0.15, 0.2) is 5.82 Å². The first kappa shape index (κ1) is 25.2. The van der Waals surface area contributed by atoms with Crippen LogP contribution in [0.5, 0.6) is 11.5 Å². The molecule has 0 bridgehead atoms. The van der Waals surface area contributed by atoms with E-state index in [1.165, 1.54) is 11.8 Å². The minimum Gasteiger partial charge on any atom is -0.497 e. The standard InChI is InChI=1S/C21H22F3N5O4S/c1-31-9-10-33-17-8-5-14(21(22,23)24)11-16(17)26-18(30)12-34-20-28-27-19(29(20)25)13-3-6-15(32-2)7-4-13/h3-8,11H,9-10,12,25H2,1-2H3,(H,26,30). The molecule has 0 radical (unpaired) electrons. The topological polar surface area (TPSA) is 114 Å². The highest BCUT2D eigenvalue weighted by Gasteiger charge is 2.31. The van der Waals surface area contributed by atoms with Crippen LogP contribution in [0.2, 0.25) is 0 Å². The van der Waals surface area contributed by atoms with Crippen molar-refractivity contribution in [3.63, 3.8) is 0 Å². The van der Waals surface area contributed by atoms with Crippen molar-refractivity contribution in [2.45, 2.75) is 11.3 Å². The van der Waals surface area contributed by atoms with Crippen LogP contribution >= 0.6 is 11.8 Å². The Kier molecular flexibility index (Phi) is 8.23. The molecule has 1 amide bonds. The van der Waals surface area contributed by atoms with Crippen molar-refractivity contribution in [3.05, 3.63) is 48.0 Å². The Morgan fingerprint density at radius 1 is 1.12 bits per heavy atom. The summed E-state index contributed by atoms with van der Waals surface area (Å²) in [4.78, 5) is 12.5. The summed E-state index contributed by atoms with van der Waals surface area (Å²) in [5.74, 6) is 6.43. The number of nitrogens with two attached hydrogens (primary N) is 1. The summed E-state index contributed by atoms with van der Waals surface area (Å²) in [6, 6.07) is 9.84. The number of nitrogens with one attached hydrogen (secondary N) is 1. The number of benzene rings is 2. The van der Waals surface area contributed by atoms with Gasteiger partial charge in [0.1, 0.15) is 18.1 Å².